The highest BCUT2D eigenvalue weighted by Crippen LogP contribution is 2.29. The molecule has 2 rings (SSSR count). The van der Waals surface area contributed by atoms with Crippen LogP contribution in [0, 0.1) is 12.8 Å². The second-order valence-electron chi connectivity index (χ2n) is 5.11. The lowest BCUT2D eigenvalue weighted by Gasteiger charge is -2.13. The lowest BCUT2D eigenvalue weighted by molar-refractivity contribution is 0.226. The van der Waals surface area contributed by atoms with Crippen molar-refractivity contribution in [1.82, 2.24) is 5.32 Å². The molecule has 0 fully saturated rings. The Bertz CT molecular complexity index is 360. The van der Waals surface area contributed by atoms with Gasteiger partial charge in [-0.25, -0.2) is 0 Å². The van der Waals surface area contributed by atoms with Crippen molar-refractivity contribution in [2.45, 2.75) is 33.3 Å². The van der Waals surface area contributed by atoms with Crippen LogP contribution in [0.2, 0.25) is 0 Å². The summed E-state index contributed by atoms with van der Waals surface area (Å²) >= 11 is 0. The van der Waals surface area contributed by atoms with Gasteiger partial charge < -0.3 is 10.1 Å². The number of ether oxygens (including phenoxy) is 1. The zero-order chi connectivity index (χ0) is 11.5. The van der Waals surface area contributed by atoms with Gasteiger partial charge in [0.25, 0.3) is 0 Å². The van der Waals surface area contributed by atoms with Crippen LogP contribution in [0.1, 0.15) is 25.0 Å². The number of hydrogen-bond acceptors (Lipinski definition) is 2. The van der Waals surface area contributed by atoms with Crippen molar-refractivity contribution < 1.29 is 4.74 Å². The molecule has 2 heteroatoms. The maximum Gasteiger partial charge on any atom is 0.123 e. The van der Waals surface area contributed by atoms with E-state index >= 15 is 0 Å². The molecule has 1 aliphatic heterocycles. The molecule has 0 aromatic heterocycles. The van der Waals surface area contributed by atoms with Crippen LogP contribution in [-0.4, -0.2) is 19.2 Å². The van der Waals surface area contributed by atoms with Gasteiger partial charge >= 0.3 is 0 Å². The molecule has 0 radical (unpaired) electrons. The van der Waals surface area contributed by atoms with E-state index < -0.39 is 0 Å². The molecule has 1 aromatic carbocycles. The fraction of sp³-hybridized carbons (Fsp3) is 0.571. The van der Waals surface area contributed by atoms with E-state index in [1.54, 1.807) is 0 Å². The van der Waals surface area contributed by atoms with Crippen molar-refractivity contribution in [2.75, 3.05) is 13.1 Å². The van der Waals surface area contributed by atoms with E-state index in [1.807, 2.05) is 0 Å². The lowest BCUT2D eigenvalue weighted by atomic mass is 10.1. The predicted octanol–water partition coefficient (Wildman–Crippen LogP) is 2.54. The first kappa shape index (κ1) is 11.5. The molecular formula is C14H21NO. The van der Waals surface area contributed by atoms with Crippen molar-refractivity contribution in [1.29, 1.82) is 0 Å². The number of hydrogen-bond donors (Lipinski definition) is 1. The first-order valence-electron chi connectivity index (χ1n) is 6.12. The summed E-state index contributed by atoms with van der Waals surface area (Å²) < 4.78 is 5.88. The van der Waals surface area contributed by atoms with E-state index in [0.29, 0.717) is 12.0 Å². The van der Waals surface area contributed by atoms with Crippen LogP contribution in [-0.2, 0) is 6.42 Å². The molecule has 0 saturated heterocycles. The summed E-state index contributed by atoms with van der Waals surface area (Å²) in [6, 6.07) is 6.44. The zero-order valence-corrected chi connectivity index (χ0v) is 10.4. The van der Waals surface area contributed by atoms with Crippen LogP contribution >= 0.6 is 0 Å². The van der Waals surface area contributed by atoms with Gasteiger partial charge in [0.05, 0.1) is 0 Å². The summed E-state index contributed by atoms with van der Waals surface area (Å²) in [4.78, 5) is 0. The summed E-state index contributed by atoms with van der Waals surface area (Å²) in [5.74, 6) is 1.77. The highest BCUT2D eigenvalue weighted by molar-refractivity contribution is 5.40. The van der Waals surface area contributed by atoms with Gasteiger partial charge in [-0.15, -0.1) is 0 Å². The molecule has 0 amide bonds. The van der Waals surface area contributed by atoms with E-state index in [0.717, 1.165) is 25.3 Å². The highest BCUT2D eigenvalue weighted by Gasteiger charge is 2.22. The van der Waals surface area contributed by atoms with E-state index in [9.17, 15) is 0 Å². The van der Waals surface area contributed by atoms with Gasteiger partial charge in [0.15, 0.2) is 0 Å². The molecule has 1 N–H and O–H groups in total. The molecule has 1 heterocycles. The van der Waals surface area contributed by atoms with Crippen LogP contribution in [0.15, 0.2) is 18.2 Å². The van der Waals surface area contributed by atoms with Crippen molar-refractivity contribution in [3.05, 3.63) is 29.3 Å². The molecule has 1 unspecified atom stereocenters. The Morgan fingerprint density at radius 1 is 1.44 bits per heavy atom. The summed E-state index contributed by atoms with van der Waals surface area (Å²) in [5, 5.41) is 3.45. The van der Waals surface area contributed by atoms with Gasteiger partial charge in [-0.2, -0.15) is 0 Å². The second-order valence-corrected chi connectivity index (χ2v) is 5.11. The third-order valence-electron chi connectivity index (χ3n) is 2.88. The topological polar surface area (TPSA) is 21.3 Å². The Morgan fingerprint density at radius 3 is 3.00 bits per heavy atom. The van der Waals surface area contributed by atoms with E-state index in [4.69, 9.17) is 4.74 Å². The number of fused-ring (bicyclic) bond motifs is 1. The van der Waals surface area contributed by atoms with Crippen LogP contribution < -0.4 is 10.1 Å². The minimum absolute atomic E-state index is 0.315. The molecule has 1 atom stereocenters. The van der Waals surface area contributed by atoms with Gasteiger partial charge in [-0.3, -0.25) is 0 Å². The largest absolute Gasteiger partial charge is 0.488 e. The quantitative estimate of drug-likeness (QED) is 0.840. The lowest BCUT2D eigenvalue weighted by Crippen LogP contribution is -2.32. The van der Waals surface area contributed by atoms with E-state index in [-0.39, 0.29) is 0 Å². The first-order valence-corrected chi connectivity index (χ1v) is 6.12. The summed E-state index contributed by atoms with van der Waals surface area (Å²) in [6.07, 6.45) is 1.36. The molecule has 2 nitrogen and oxygen atoms in total. The molecule has 1 aliphatic rings. The number of aryl methyl sites for hydroxylation is 1. The first-order chi connectivity index (χ1) is 7.65. The van der Waals surface area contributed by atoms with Crippen molar-refractivity contribution in [3.8, 4) is 5.75 Å². The van der Waals surface area contributed by atoms with Crippen LogP contribution in [0.5, 0.6) is 5.75 Å². The van der Waals surface area contributed by atoms with Gasteiger partial charge in [-0.05, 0) is 31.0 Å². The Hall–Kier alpha value is -1.02. The van der Waals surface area contributed by atoms with E-state index in [2.05, 4.69) is 44.3 Å². The molecular weight excluding hydrogens is 198 g/mol. The summed E-state index contributed by atoms with van der Waals surface area (Å²) in [6.45, 7) is 8.59. The maximum absolute atomic E-state index is 5.88. The zero-order valence-electron chi connectivity index (χ0n) is 10.4. The highest BCUT2D eigenvalue weighted by atomic mass is 16.5. The standard InChI is InChI=1S/C14H21NO/c1-10(2)8-15-9-13-7-12-6-11(3)4-5-14(12)16-13/h4-6,10,13,15H,7-9H2,1-3H3. The second kappa shape index (κ2) is 4.88. The normalized spacial score (nSPS) is 18.6. The Balaban J connectivity index is 1.86. The molecule has 0 spiro atoms. The Labute approximate surface area is 98.0 Å². The molecule has 0 aliphatic carbocycles. The van der Waals surface area contributed by atoms with Crippen LogP contribution in [0.4, 0.5) is 0 Å². The minimum atomic E-state index is 0.315. The van der Waals surface area contributed by atoms with Gasteiger partial charge in [0.1, 0.15) is 11.9 Å². The fourth-order valence-electron chi connectivity index (χ4n) is 2.10. The monoisotopic (exact) mass is 219 g/mol. The van der Waals surface area contributed by atoms with Gasteiger partial charge in [-0.1, -0.05) is 31.5 Å². The van der Waals surface area contributed by atoms with Gasteiger partial charge in [0.2, 0.25) is 0 Å². The average molecular weight is 219 g/mol. The van der Waals surface area contributed by atoms with Crippen molar-refractivity contribution in [2.24, 2.45) is 5.92 Å². The van der Waals surface area contributed by atoms with Crippen LogP contribution in [0.25, 0.3) is 0 Å². The van der Waals surface area contributed by atoms with Gasteiger partial charge in [0, 0.05) is 13.0 Å². The van der Waals surface area contributed by atoms with E-state index in [1.165, 1.54) is 11.1 Å². The third-order valence-corrected chi connectivity index (χ3v) is 2.88. The van der Waals surface area contributed by atoms with Crippen molar-refractivity contribution >= 4 is 0 Å². The Morgan fingerprint density at radius 2 is 2.25 bits per heavy atom. The van der Waals surface area contributed by atoms with Crippen molar-refractivity contribution in [3.63, 3.8) is 0 Å². The maximum atomic E-state index is 5.88. The number of nitrogens with one attached hydrogen (secondary N) is 1. The fourth-order valence-corrected chi connectivity index (χ4v) is 2.10. The molecule has 88 valence electrons. The predicted molar refractivity (Wildman–Crippen MR) is 67.0 cm³/mol. The minimum Gasteiger partial charge on any atom is -0.488 e. The third kappa shape index (κ3) is 2.76. The SMILES string of the molecule is Cc1ccc2c(c1)CC(CNCC(C)C)O2. The molecule has 0 bridgehead atoms. The molecule has 0 saturated carbocycles. The molecule has 1 aromatic rings. The average Bonchev–Trinajstić information content (AvgIpc) is 2.58. The number of benzene rings is 1. The summed E-state index contributed by atoms with van der Waals surface area (Å²) in [7, 11) is 0. The number of rotatable bonds is 4. The molecule has 16 heavy (non-hydrogen) atoms. The van der Waals surface area contributed by atoms with Crippen LogP contribution in [0.3, 0.4) is 0 Å². The summed E-state index contributed by atoms with van der Waals surface area (Å²) in [5.41, 5.74) is 2.68. The smallest absolute Gasteiger partial charge is 0.123 e. The Kier molecular flexibility index (Phi) is 3.49.